The van der Waals surface area contributed by atoms with Crippen molar-refractivity contribution >= 4 is 0 Å². The van der Waals surface area contributed by atoms with Gasteiger partial charge in [-0.2, -0.15) is 0 Å². The molecule has 2 rings (SSSR count). The molecule has 0 saturated heterocycles. The summed E-state index contributed by atoms with van der Waals surface area (Å²) in [4.78, 5) is 2.69. The van der Waals surface area contributed by atoms with Crippen LogP contribution >= 0.6 is 0 Å². The van der Waals surface area contributed by atoms with E-state index in [1.54, 1.807) is 11.1 Å². The first-order valence-electron chi connectivity index (χ1n) is 7.94. The van der Waals surface area contributed by atoms with E-state index in [0.717, 1.165) is 6.54 Å². The summed E-state index contributed by atoms with van der Waals surface area (Å²) in [5.41, 5.74) is 9.09. The molecule has 2 aliphatic rings. The smallest absolute Gasteiger partial charge is 0.0290 e. The maximum atomic E-state index is 5.97. The summed E-state index contributed by atoms with van der Waals surface area (Å²) in [7, 11) is 0. The Kier molecular flexibility index (Phi) is 5.23. The Morgan fingerprint density at radius 1 is 1.11 bits per heavy atom. The summed E-state index contributed by atoms with van der Waals surface area (Å²) in [5, 5.41) is 0. The molecule has 3 atom stereocenters. The number of nitrogens with zero attached hydrogens (tertiary/aromatic N) is 1. The predicted molar refractivity (Wildman–Crippen MR) is 83.1 cm³/mol. The normalized spacial score (nSPS) is 29.9. The van der Waals surface area contributed by atoms with E-state index in [1.807, 2.05) is 0 Å². The lowest BCUT2D eigenvalue weighted by Crippen LogP contribution is -2.51. The van der Waals surface area contributed by atoms with Crippen LogP contribution in [0.3, 0.4) is 0 Å². The van der Waals surface area contributed by atoms with Gasteiger partial charge in [-0.25, -0.2) is 0 Å². The molecule has 3 unspecified atom stereocenters. The average Bonchev–Trinajstić information content (AvgIpc) is 2.39. The SMILES string of the molecule is CC1=CC(N(C(C)CN)C2C=C(C)CCC2)CCC1. The van der Waals surface area contributed by atoms with Crippen LogP contribution in [0.4, 0.5) is 0 Å². The Balaban J connectivity index is 2.20. The molecule has 0 aliphatic heterocycles. The Labute approximate surface area is 118 Å². The molecule has 0 aromatic heterocycles. The van der Waals surface area contributed by atoms with Gasteiger partial charge in [0, 0.05) is 24.7 Å². The van der Waals surface area contributed by atoms with Gasteiger partial charge in [0.1, 0.15) is 0 Å². The molecule has 0 amide bonds. The third-order valence-corrected chi connectivity index (χ3v) is 4.71. The van der Waals surface area contributed by atoms with Crippen LogP contribution in [0.15, 0.2) is 23.3 Å². The lowest BCUT2D eigenvalue weighted by atomic mass is 9.89. The van der Waals surface area contributed by atoms with E-state index in [9.17, 15) is 0 Å². The molecule has 2 N–H and O–H groups in total. The highest BCUT2D eigenvalue weighted by molar-refractivity contribution is 5.14. The molecule has 0 bridgehead atoms. The van der Waals surface area contributed by atoms with Gasteiger partial charge in [-0.3, -0.25) is 4.90 Å². The maximum Gasteiger partial charge on any atom is 0.0290 e. The van der Waals surface area contributed by atoms with Crippen molar-refractivity contribution in [1.82, 2.24) is 4.90 Å². The van der Waals surface area contributed by atoms with Crippen LogP contribution < -0.4 is 5.73 Å². The van der Waals surface area contributed by atoms with Gasteiger partial charge in [0.25, 0.3) is 0 Å². The van der Waals surface area contributed by atoms with Crippen molar-refractivity contribution in [3.63, 3.8) is 0 Å². The first-order valence-corrected chi connectivity index (χ1v) is 7.94. The molecule has 2 heteroatoms. The Morgan fingerprint density at radius 2 is 1.58 bits per heavy atom. The second-order valence-electron chi connectivity index (χ2n) is 6.48. The second kappa shape index (κ2) is 6.71. The van der Waals surface area contributed by atoms with Gasteiger partial charge >= 0.3 is 0 Å². The summed E-state index contributed by atoms with van der Waals surface area (Å²) < 4.78 is 0. The van der Waals surface area contributed by atoms with E-state index in [1.165, 1.54) is 38.5 Å². The van der Waals surface area contributed by atoms with E-state index in [-0.39, 0.29) is 0 Å². The number of nitrogens with two attached hydrogens (primary N) is 1. The Morgan fingerprint density at radius 3 is 1.95 bits per heavy atom. The Bertz CT molecular complexity index is 326. The van der Waals surface area contributed by atoms with Crippen molar-refractivity contribution in [3.8, 4) is 0 Å². The van der Waals surface area contributed by atoms with Gasteiger partial charge in [0.05, 0.1) is 0 Å². The number of hydrogen-bond donors (Lipinski definition) is 1. The highest BCUT2D eigenvalue weighted by Crippen LogP contribution is 2.29. The highest BCUT2D eigenvalue weighted by Gasteiger charge is 2.29. The summed E-state index contributed by atoms with van der Waals surface area (Å²) in [6.07, 6.45) is 12.8. The van der Waals surface area contributed by atoms with Gasteiger partial charge in [-0.05, 0) is 59.3 Å². The van der Waals surface area contributed by atoms with Crippen LogP contribution in [0.5, 0.6) is 0 Å². The van der Waals surface area contributed by atoms with Crippen LogP contribution in [0, 0.1) is 0 Å². The van der Waals surface area contributed by atoms with Crippen LogP contribution in [-0.2, 0) is 0 Å². The van der Waals surface area contributed by atoms with Crippen LogP contribution in [0.1, 0.15) is 59.3 Å². The van der Waals surface area contributed by atoms with Crippen molar-refractivity contribution in [2.75, 3.05) is 6.54 Å². The molecule has 0 aromatic rings. The molecule has 0 heterocycles. The molecule has 19 heavy (non-hydrogen) atoms. The van der Waals surface area contributed by atoms with Crippen LogP contribution in [0.25, 0.3) is 0 Å². The monoisotopic (exact) mass is 262 g/mol. The summed E-state index contributed by atoms with van der Waals surface area (Å²) in [6, 6.07) is 1.66. The lowest BCUT2D eigenvalue weighted by molar-refractivity contribution is 0.117. The van der Waals surface area contributed by atoms with E-state index >= 15 is 0 Å². The summed E-state index contributed by atoms with van der Waals surface area (Å²) in [6.45, 7) is 7.60. The molecule has 0 fully saturated rings. The third kappa shape index (κ3) is 3.70. The van der Waals surface area contributed by atoms with E-state index in [4.69, 9.17) is 5.73 Å². The van der Waals surface area contributed by atoms with Crippen LogP contribution in [0.2, 0.25) is 0 Å². The van der Waals surface area contributed by atoms with E-state index < -0.39 is 0 Å². The summed E-state index contributed by atoms with van der Waals surface area (Å²) in [5.74, 6) is 0. The fourth-order valence-corrected chi connectivity index (χ4v) is 3.66. The van der Waals surface area contributed by atoms with Crippen molar-refractivity contribution in [1.29, 1.82) is 0 Å². The standard InChI is InChI=1S/C17H30N2/c1-13-6-4-8-16(10-13)19(15(3)12-18)17-9-5-7-14(2)11-17/h10-11,15-17H,4-9,12,18H2,1-3H3. The minimum Gasteiger partial charge on any atom is -0.329 e. The lowest BCUT2D eigenvalue weighted by Gasteiger charge is -2.42. The van der Waals surface area contributed by atoms with Gasteiger partial charge in [-0.15, -0.1) is 0 Å². The number of hydrogen-bond acceptors (Lipinski definition) is 2. The molecule has 2 aliphatic carbocycles. The molecule has 2 nitrogen and oxygen atoms in total. The minimum absolute atomic E-state index is 0.472. The number of allylic oxidation sites excluding steroid dienone is 2. The summed E-state index contributed by atoms with van der Waals surface area (Å²) >= 11 is 0. The zero-order valence-electron chi connectivity index (χ0n) is 12.9. The molecule has 0 aromatic carbocycles. The number of rotatable bonds is 4. The van der Waals surface area contributed by atoms with Crippen LogP contribution in [-0.4, -0.2) is 29.6 Å². The zero-order valence-corrected chi connectivity index (χ0v) is 12.9. The maximum absolute atomic E-state index is 5.97. The zero-order chi connectivity index (χ0) is 13.8. The quantitative estimate of drug-likeness (QED) is 0.784. The minimum atomic E-state index is 0.472. The Hall–Kier alpha value is -0.600. The fraction of sp³-hybridized carbons (Fsp3) is 0.765. The second-order valence-corrected chi connectivity index (χ2v) is 6.48. The van der Waals surface area contributed by atoms with Crippen molar-refractivity contribution in [3.05, 3.63) is 23.3 Å². The topological polar surface area (TPSA) is 29.3 Å². The first-order chi connectivity index (χ1) is 9.11. The molecule has 0 saturated carbocycles. The molecular weight excluding hydrogens is 232 g/mol. The average molecular weight is 262 g/mol. The van der Waals surface area contributed by atoms with E-state index in [2.05, 4.69) is 37.8 Å². The van der Waals surface area contributed by atoms with Crippen molar-refractivity contribution < 1.29 is 0 Å². The molecule has 0 spiro atoms. The largest absolute Gasteiger partial charge is 0.329 e. The van der Waals surface area contributed by atoms with Gasteiger partial charge < -0.3 is 5.73 Å². The predicted octanol–water partition coefficient (Wildman–Crippen LogP) is 3.63. The first kappa shape index (κ1) is 14.8. The van der Waals surface area contributed by atoms with Gasteiger partial charge in [0.2, 0.25) is 0 Å². The molecular formula is C17H30N2. The van der Waals surface area contributed by atoms with Crippen molar-refractivity contribution in [2.45, 2.75) is 77.4 Å². The third-order valence-electron chi connectivity index (χ3n) is 4.71. The fourth-order valence-electron chi connectivity index (χ4n) is 3.66. The molecule has 0 radical (unpaired) electrons. The van der Waals surface area contributed by atoms with Crippen molar-refractivity contribution in [2.24, 2.45) is 5.73 Å². The van der Waals surface area contributed by atoms with Gasteiger partial charge in [0.15, 0.2) is 0 Å². The van der Waals surface area contributed by atoms with E-state index in [0.29, 0.717) is 18.1 Å². The molecule has 108 valence electrons. The van der Waals surface area contributed by atoms with Gasteiger partial charge in [-0.1, -0.05) is 23.3 Å². The highest BCUT2D eigenvalue weighted by atomic mass is 15.2.